The largest absolute Gasteiger partial charge is 0.375 e. The Kier molecular flexibility index (Phi) is 4.55. The third kappa shape index (κ3) is 3.00. The first-order valence-electron chi connectivity index (χ1n) is 6.54. The number of rotatable bonds is 4. The molecule has 1 atom stereocenters. The van der Waals surface area contributed by atoms with Crippen LogP contribution in [0.1, 0.15) is 18.9 Å². The van der Waals surface area contributed by atoms with Crippen LogP contribution in [0.4, 0.5) is 10.1 Å². The van der Waals surface area contributed by atoms with Gasteiger partial charge >= 0.3 is 0 Å². The van der Waals surface area contributed by atoms with Gasteiger partial charge in [0.15, 0.2) is 0 Å². The molecule has 4 heteroatoms. The molecule has 0 amide bonds. The third-order valence-electron chi connectivity index (χ3n) is 3.33. The van der Waals surface area contributed by atoms with E-state index in [1.807, 2.05) is 19.2 Å². The molecule has 1 aromatic carbocycles. The molecule has 3 nitrogen and oxygen atoms in total. The van der Waals surface area contributed by atoms with E-state index in [0.717, 1.165) is 25.1 Å². The number of nitrogens with one attached hydrogen (secondary N) is 1. The van der Waals surface area contributed by atoms with Crippen molar-refractivity contribution in [2.75, 3.05) is 31.6 Å². The molecule has 0 saturated carbocycles. The van der Waals surface area contributed by atoms with Gasteiger partial charge in [0.2, 0.25) is 0 Å². The lowest BCUT2D eigenvalue weighted by Crippen LogP contribution is -2.42. The van der Waals surface area contributed by atoms with E-state index in [2.05, 4.69) is 17.1 Å². The molecule has 0 aromatic heterocycles. The number of nitrogens with zero attached hydrogens (tertiary/aromatic N) is 1. The zero-order valence-corrected chi connectivity index (χ0v) is 11.1. The highest BCUT2D eigenvalue weighted by Crippen LogP contribution is 2.23. The van der Waals surface area contributed by atoms with Crippen molar-refractivity contribution >= 4 is 5.69 Å². The molecule has 1 aliphatic rings. The number of halogens is 1. The summed E-state index contributed by atoms with van der Waals surface area (Å²) in [6, 6.07) is 5.47. The SMILES string of the molecule is CCC1CN(c2ccc(CNC)cc2F)CCO1. The lowest BCUT2D eigenvalue weighted by molar-refractivity contribution is 0.0382. The predicted molar refractivity (Wildman–Crippen MR) is 71.4 cm³/mol. The Morgan fingerprint density at radius 2 is 2.33 bits per heavy atom. The Hall–Kier alpha value is -1.13. The fraction of sp³-hybridized carbons (Fsp3) is 0.571. The normalized spacial score (nSPS) is 20.2. The van der Waals surface area contributed by atoms with Crippen molar-refractivity contribution in [1.82, 2.24) is 5.32 Å². The summed E-state index contributed by atoms with van der Waals surface area (Å²) in [7, 11) is 1.86. The fourth-order valence-electron chi connectivity index (χ4n) is 2.31. The summed E-state index contributed by atoms with van der Waals surface area (Å²) in [5.41, 5.74) is 1.66. The molecule has 0 bridgehead atoms. The van der Waals surface area contributed by atoms with Gasteiger partial charge in [0.05, 0.1) is 18.4 Å². The van der Waals surface area contributed by atoms with Crippen LogP contribution in [0.15, 0.2) is 18.2 Å². The van der Waals surface area contributed by atoms with E-state index in [1.165, 1.54) is 0 Å². The summed E-state index contributed by atoms with van der Waals surface area (Å²) in [6.45, 7) is 5.01. The van der Waals surface area contributed by atoms with Gasteiger partial charge in [-0.1, -0.05) is 13.0 Å². The van der Waals surface area contributed by atoms with Crippen LogP contribution >= 0.6 is 0 Å². The molecule has 0 radical (unpaired) electrons. The monoisotopic (exact) mass is 252 g/mol. The maximum absolute atomic E-state index is 14.1. The van der Waals surface area contributed by atoms with Crippen LogP contribution in [-0.2, 0) is 11.3 Å². The van der Waals surface area contributed by atoms with Crippen LogP contribution in [-0.4, -0.2) is 32.8 Å². The van der Waals surface area contributed by atoms with E-state index in [9.17, 15) is 4.39 Å². The molecule has 1 fully saturated rings. The zero-order valence-electron chi connectivity index (χ0n) is 11.1. The molecule has 1 saturated heterocycles. The van der Waals surface area contributed by atoms with Gasteiger partial charge in [0.1, 0.15) is 5.82 Å². The minimum Gasteiger partial charge on any atom is -0.375 e. The topological polar surface area (TPSA) is 24.5 Å². The second kappa shape index (κ2) is 6.16. The fourth-order valence-corrected chi connectivity index (χ4v) is 2.31. The van der Waals surface area contributed by atoms with Gasteiger partial charge < -0.3 is 15.0 Å². The molecule has 1 heterocycles. The Morgan fingerprint density at radius 1 is 1.50 bits per heavy atom. The lowest BCUT2D eigenvalue weighted by Gasteiger charge is -2.34. The van der Waals surface area contributed by atoms with E-state index in [-0.39, 0.29) is 11.9 Å². The van der Waals surface area contributed by atoms with Crippen LogP contribution in [0.2, 0.25) is 0 Å². The first-order valence-corrected chi connectivity index (χ1v) is 6.54. The molecule has 1 aliphatic heterocycles. The van der Waals surface area contributed by atoms with Crippen molar-refractivity contribution in [2.45, 2.75) is 26.0 Å². The molecule has 18 heavy (non-hydrogen) atoms. The molecule has 0 spiro atoms. The summed E-state index contributed by atoms with van der Waals surface area (Å²) in [5, 5.41) is 3.03. The van der Waals surface area contributed by atoms with Gasteiger partial charge in [-0.05, 0) is 31.2 Å². The summed E-state index contributed by atoms with van der Waals surface area (Å²) in [5.74, 6) is -0.139. The summed E-state index contributed by atoms with van der Waals surface area (Å²) in [4.78, 5) is 2.08. The molecule has 1 aromatic rings. The van der Waals surface area contributed by atoms with Gasteiger partial charge in [0, 0.05) is 19.6 Å². The highest BCUT2D eigenvalue weighted by Gasteiger charge is 2.21. The molecule has 1 N–H and O–H groups in total. The van der Waals surface area contributed by atoms with E-state index in [4.69, 9.17) is 4.74 Å². The lowest BCUT2D eigenvalue weighted by atomic mass is 10.1. The smallest absolute Gasteiger partial charge is 0.146 e. The maximum atomic E-state index is 14.1. The minimum absolute atomic E-state index is 0.139. The Bertz CT molecular complexity index is 397. The first kappa shape index (κ1) is 13.3. The number of morpholine rings is 1. The molecule has 0 aliphatic carbocycles. The summed E-state index contributed by atoms with van der Waals surface area (Å²) >= 11 is 0. The van der Waals surface area contributed by atoms with Gasteiger partial charge in [-0.15, -0.1) is 0 Å². The minimum atomic E-state index is -0.139. The zero-order chi connectivity index (χ0) is 13.0. The van der Waals surface area contributed by atoms with Crippen molar-refractivity contribution < 1.29 is 9.13 Å². The highest BCUT2D eigenvalue weighted by atomic mass is 19.1. The quantitative estimate of drug-likeness (QED) is 0.888. The van der Waals surface area contributed by atoms with Crippen molar-refractivity contribution in [2.24, 2.45) is 0 Å². The molecule has 100 valence electrons. The number of hydrogen-bond acceptors (Lipinski definition) is 3. The number of ether oxygens (including phenoxy) is 1. The van der Waals surface area contributed by atoms with E-state index >= 15 is 0 Å². The van der Waals surface area contributed by atoms with E-state index in [0.29, 0.717) is 18.8 Å². The van der Waals surface area contributed by atoms with Gasteiger partial charge in [-0.3, -0.25) is 0 Å². The predicted octanol–water partition coefficient (Wildman–Crippen LogP) is 2.16. The number of hydrogen-bond donors (Lipinski definition) is 1. The molecule has 1 unspecified atom stereocenters. The van der Waals surface area contributed by atoms with Gasteiger partial charge in [-0.25, -0.2) is 4.39 Å². The number of anilines is 1. The Labute approximate surface area is 108 Å². The average molecular weight is 252 g/mol. The van der Waals surface area contributed by atoms with Crippen molar-refractivity contribution in [1.29, 1.82) is 0 Å². The van der Waals surface area contributed by atoms with Crippen LogP contribution in [0.5, 0.6) is 0 Å². The molecular weight excluding hydrogens is 231 g/mol. The van der Waals surface area contributed by atoms with E-state index < -0.39 is 0 Å². The summed E-state index contributed by atoms with van der Waals surface area (Å²) < 4.78 is 19.7. The van der Waals surface area contributed by atoms with Gasteiger partial charge in [-0.2, -0.15) is 0 Å². The van der Waals surface area contributed by atoms with Crippen molar-refractivity contribution in [3.05, 3.63) is 29.6 Å². The number of benzene rings is 1. The van der Waals surface area contributed by atoms with E-state index in [1.54, 1.807) is 6.07 Å². The Morgan fingerprint density at radius 3 is 3.00 bits per heavy atom. The third-order valence-corrected chi connectivity index (χ3v) is 3.33. The maximum Gasteiger partial charge on any atom is 0.146 e. The summed E-state index contributed by atoms with van der Waals surface area (Å²) in [6.07, 6.45) is 1.19. The van der Waals surface area contributed by atoms with Crippen LogP contribution < -0.4 is 10.2 Å². The molecular formula is C14H21FN2O. The first-order chi connectivity index (χ1) is 8.74. The van der Waals surface area contributed by atoms with Crippen molar-refractivity contribution in [3.63, 3.8) is 0 Å². The average Bonchev–Trinajstić information content (AvgIpc) is 2.39. The molecule has 2 rings (SSSR count). The van der Waals surface area contributed by atoms with Gasteiger partial charge in [0.25, 0.3) is 0 Å². The van der Waals surface area contributed by atoms with Crippen molar-refractivity contribution in [3.8, 4) is 0 Å². The Balaban J connectivity index is 2.12. The second-order valence-electron chi connectivity index (χ2n) is 4.66. The standard InChI is InChI=1S/C14H21FN2O/c1-3-12-10-17(6-7-18-12)14-5-4-11(9-16-2)8-13(14)15/h4-5,8,12,16H,3,6-7,9-10H2,1-2H3. The second-order valence-corrected chi connectivity index (χ2v) is 4.66. The van der Waals surface area contributed by atoms with Crippen LogP contribution in [0.3, 0.4) is 0 Å². The van der Waals surface area contributed by atoms with Crippen LogP contribution in [0, 0.1) is 5.82 Å². The highest BCUT2D eigenvalue weighted by molar-refractivity contribution is 5.49. The van der Waals surface area contributed by atoms with Crippen LogP contribution in [0.25, 0.3) is 0 Å².